The van der Waals surface area contributed by atoms with E-state index in [1.165, 1.54) is 6.07 Å². The molecule has 4 rings (SSSR count). The van der Waals surface area contributed by atoms with Crippen LogP contribution in [0.15, 0.2) is 91.0 Å². The highest BCUT2D eigenvalue weighted by Gasteiger charge is 2.16. The lowest BCUT2D eigenvalue weighted by atomic mass is 10.0. The number of carbonyl (C=O) groups excluding carboxylic acids is 1. The second kappa shape index (κ2) is 8.49. The number of hydrogen-bond acceptors (Lipinski definition) is 3. The van der Waals surface area contributed by atoms with Crippen LogP contribution >= 0.6 is 0 Å². The largest absolute Gasteiger partial charge is 0.478 e. The molecule has 0 aromatic heterocycles. The van der Waals surface area contributed by atoms with Gasteiger partial charge in [-0.3, -0.25) is 4.79 Å². The number of fused-ring (bicyclic) bond motifs is 1. The Hall–Kier alpha value is -4.12. The first kappa shape index (κ1) is 19.2. The molecule has 0 heterocycles. The summed E-state index contributed by atoms with van der Waals surface area (Å²) in [4.78, 5) is 24.4. The molecule has 0 fully saturated rings. The Labute approximate surface area is 173 Å². The average molecular weight is 397 g/mol. The first-order chi connectivity index (χ1) is 14.6. The second-order valence-electron chi connectivity index (χ2n) is 6.80. The van der Waals surface area contributed by atoms with E-state index < -0.39 is 5.97 Å². The van der Waals surface area contributed by atoms with Crippen LogP contribution in [-0.4, -0.2) is 17.0 Å². The van der Waals surface area contributed by atoms with Crippen LogP contribution in [0, 0.1) is 0 Å². The van der Waals surface area contributed by atoms with Crippen molar-refractivity contribution in [2.75, 3.05) is 5.32 Å². The number of aromatic carboxylic acids is 1. The lowest BCUT2D eigenvalue weighted by Crippen LogP contribution is -2.17. The normalized spacial score (nSPS) is 10.5. The summed E-state index contributed by atoms with van der Waals surface area (Å²) in [5, 5.41) is 13.9. The summed E-state index contributed by atoms with van der Waals surface area (Å²) in [7, 11) is 0. The zero-order valence-electron chi connectivity index (χ0n) is 16.0. The van der Waals surface area contributed by atoms with Crippen molar-refractivity contribution in [3.8, 4) is 11.5 Å². The Morgan fingerprint density at radius 1 is 0.800 bits per heavy atom. The number of benzene rings is 4. The van der Waals surface area contributed by atoms with Crippen LogP contribution in [0.4, 0.5) is 5.69 Å². The molecular formula is C25H19NO4. The minimum Gasteiger partial charge on any atom is -0.478 e. The van der Waals surface area contributed by atoms with Crippen molar-refractivity contribution in [3.63, 3.8) is 0 Å². The topological polar surface area (TPSA) is 75.6 Å². The summed E-state index contributed by atoms with van der Waals surface area (Å²) in [6.45, 7) is 0. The van der Waals surface area contributed by atoms with Gasteiger partial charge in [0.2, 0.25) is 5.91 Å². The molecule has 148 valence electrons. The van der Waals surface area contributed by atoms with Gasteiger partial charge in [0.1, 0.15) is 11.5 Å². The fraction of sp³-hybridized carbons (Fsp3) is 0.0400. The molecule has 4 aromatic carbocycles. The van der Waals surface area contributed by atoms with Gasteiger partial charge in [0.25, 0.3) is 0 Å². The zero-order valence-corrected chi connectivity index (χ0v) is 16.0. The minimum absolute atomic E-state index is 0.0585. The maximum absolute atomic E-state index is 12.7. The lowest BCUT2D eigenvalue weighted by molar-refractivity contribution is -0.115. The number of hydrogen-bond donors (Lipinski definition) is 2. The van der Waals surface area contributed by atoms with Crippen LogP contribution in [0.3, 0.4) is 0 Å². The smallest absolute Gasteiger partial charge is 0.337 e. The molecule has 5 heteroatoms. The van der Waals surface area contributed by atoms with Crippen LogP contribution < -0.4 is 10.1 Å². The number of nitrogens with one attached hydrogen (secondary N) is 1. The molecular weight excluding hydrogens is 378 g/mol. The van der Waals surface area contributed by atoms with Crippen molar-refractivity contribution in [1.29, 1.82) is 0 Å². The van der Waals surface area contributed by atoms with E-state index in [-0.39, 0.29) is 17.9 Å². The van der Waals surface area contributed by atoms with Crippen LogP contribution in [0.2, 0.25) is 0 Å². The summed E-state index contributed by atoms with van der Waals surface area (Å²) in [5.74, 6) is -0.0520. The number of amides is 1. The Bertz CT molecular complexity index is 1220. The lowest BCUT2D eigenvalue weighted by Gasteiger charge is -2.13. The molecule has 0 bridgehead atoms. The van der Waals surface area contributed by atoms with Gasteiger partial charge in [0.15, 0.2) is 0 Å². The monoisotopic (exact) mass is 397 g/mol. The molecule has 0 atom stereocenters. The van der Waals surface area contributed by atoms with Crippen LogP contribution in [0.1, 0.15) is 15.9 Å². The van der Waals surface area contributed by atoms with Gasteiger partial charge >= 0.3 is 5.97 Å². The zero-order chi connectivity index (χ0) is 20.9. The SMILES string of the molecule is O=C(Cc1cccc(Oc2ccccc2)c1)Nc1c(C(=O)O)ccc2ccccc12. The minimum atomic E-state index is -1.09. The number of para-hydroxylation sites is 1. The average Bonchev–Trinajstić information content (AvgIpc) is 2.74. The highest BCUT2D eigenvalue weighted by Crippen LogP contribution is 2.28. The van der Waals surface area contributed by atoms with E-state index in [4.69, 9.17) is 4.74 Å². The van der Waals surface area contributed by atoms with E-state index in [0.717, 1.165) is 10.9 Å². The molecule has 0 aliphatic carbocycles. The van der Waals surface area contributed by atoms with E-state index in [2.05, 4.69) is 5.32 Å². The van der Waals surface area contributed by atoms with Crippen molar-refractivity contribution in [1.82, 2.24) is 0 Å². The molecule has 5 nitrogen and oxygen atoms in total. The van der Waals surface area contributed by atoms with E-state index in [1.807, 2.05) is 66.7 Å². The Balaban J connectivity index is 1.55. The number of rotatable bonds is 6. The molecule has 30 heavy (non-hydrogen) atoms. The summed E-state index contributed by atoms with van der Waals surface area (Å²) >= 11 is 0. The molecule has 4 aromatic rings. The molecule has 0 saturated carbocycles. The van der Waals surface area contributed by atoms with Crippen LogP contribution in [-0.2, 0) is 11.2 Å². The van der Waals surface area contributed by atoms with E-state index in [9.17, 15) is 14.7 Å². The Morgan fingerprint density at radius 3 is 2.33 bits per heavy atom. The molecule has 0 saturated heterocycles. The fourth-order valence-electron chi connectivity index (χ4n) is 3.30. The van der Waals surface area contributed by atoms with E-state index >= 15 is 0 Å². The van der Waals surface area contributed by atoms with Gasteiger partial charge in [-0.2, -0.15) is 0 Å². The number of ether oxygens (including phenoxy) is 1. The maximum atomic E-state index is 12.7. The van der Waals surface area contributed by atoms with Gasteiger partial charge in [-0.15, -0.1) is 0 Å². The molecule has 0 radical (unpaired) electrons. The van der Waals surface area contributed by atoms with Gasteiger partial charge in [-0.25, -0.2) is 4.79 Å². The molecule has 0 aliphatic rings. The summed E-state index contributed by atoms with van der Waals surface area (Å²) in [6.07, 6.45) is 0.0915. The standard InChI is InChI=1S/C25H19NO4/c27-23(16-17-7-6-11-20(15-17)30-19-9-2-1-3-10-19)26-24-21-12-5-4-8-18(21)13-14-22(24)25(28)29/h1-15H,16H2,(H,26,27)(H,28,29). The third kappa shape index (κ3) is 4.31. The van der Waals surface area contributed by atoms with Crippen LogP contribution in [0.5, 0.6) is 11.5 Å². The van der Waals surface area contributed by atoms with Crippen molar-refractivity contribution < 1.29 is 19.4 Å². The predicted octanol–water partition coefficient (Wildman–Crippen LogP) is 5.51. The van der Waals surface area contributed by atoms with Gasteiger partial charge in [0.05, 0.1) is 17.7 Å². The molecule has 0 aliphatic heterocycles. The van der Waals surface area contributed by atoms with Crippen molar-refractivity contribution in [2.45, 2.75) is 6.42 Å². The number of carbonyl (C=O) groups is 2. The third-order valence-electron chi connectivity index (χ3n) is 4.67. The van der Waals surface area contributed by atoms with Crippen LogP contribution in [0.25, 0.3) is 10.8 Å². The number of carboxylic acids is 1. The number of carboxylic acid groups (broad SMARTS) is 1. The second-order valence-corrected chi connectivity index (χ2v) is 6.80. The van der Waals surface area contributed by atoms with Gasteiger partial charge in [-0.1, -0.05) is 60.7 Å². The predicted molar refractivity (Wildman–Crippen MR) is 116 cm³/mol. The molecule has 1 amide bonds. The molecule has 2 N–H and O–H groups in total. The first-order valence-corrected chi connectivity index (χ1v) is 9.47. The highest BCUT2D eigenvalue weighted by atomic mass is 16.5. The highest BCUT2D eigenvalue weighted by molar-refractivity contribution is 6.10. The van der Waals surface area contributed by atoms with E-state index in [0.29, 0.717) is 22.6 Å². The van der Waals surface area contributed by atoms with Gasteiger partial charge in [-0.05, 0) is 41.3 Å². The Morgan fingerprint density at radius 2 is 1.53 bits per heavy atom. The maximum Gasteiger partial charge on any atom is 0.337 e. The molecule has 0 spiro atoms. The summed E-state index contributed by atoms with van der Waals surface area (Å²) in [5.41, 5.74) is 1.13. The van der Waals surface area contributed by atoms with Crippen molar-refractivity contribution in [3.05, 3.63) is 102 Å². The van der Waals surface area contributed by atoms with Gasteiger partial charge < -0.3 is 15.2 Å². The Kier molecular flexibility index (Phi) is 5.44. The number of anilines is 1. The summed E-state index contributed by atoms with van der Waals surface area (Å²) in [6, 6.07) is 27.3. The molecule has 0 unspecified atom stereocenters. The quantitative estimate of drug-likeness (QED) is 0.450. The first-order valence-electron chi connectivity index (χ1n) is 9.47. The van der Waals surface area contributed by atoms with Crippen molar-refractivity contribution in [2.24, 2.45) is 0 Å². The van der Waals surface area contributed by atoms with Gasteiger partial charge in [0, 0.05) is 5.39 Å². The van der Waals surface area contributed by atoms with E-state index in [1.54, 1.807) is 18.2 Å². The van der Waals surface area contributed by atoms with Crippen molar-refractivity contribution >= 4 is 28.3 Å². The summed E-state index contributed by atoms with van der Waals surface area (Å²) < 4.78 is 5.82. The fourth-order valence-corrected chi connectivity index (χ4v) is 3.30. The third-order valence-corrected chi connectivity index (χ3v) is 4.67.